The van der Waals surface area contributed by atoms with Crippen molar-refractivity contribution in [2.75, 3.05) is 11.9 Å². The molecule has 0 aromatic heterocycles. The highest BCUT2D eigenvalue weighted by Gasteiger charge is 2.07. The lowest BCUT2D eigenvalue weighted by molar-refractivity contribution is -0.121. The predicted molar refractivity (Wildman–Crippen MR) is 67.4 cm³/mol. The molecule has 19 heavy (non-hydrogen) atoms. The normalized spacial score (nSPS) is 9.68. The van der Waals surface area contributed by atoms with Crippen molar-refractivity contribution >= 4 is 17.5 Å². The summed E-state index contributed by atoms with van der Waals surface area (Å²) in [6.07, 6.45) is 1.35. The minimum Gasteiger partial charge on any atom is -0.343 e. The number of anilines is 1. The van der Waals surface area contributed by atoms with Gasteiger partial charge in [0.2, 0.25) is 11.8 Å². The van der Waals surface area contributed by atoms with Gasteiger partial charge in [0.25, 0.3) is 0 Å². The van der Waals surface area contributed by atoms with Gasteiger partial charge in [-0.15, -0.1) is 0 Å². The molecule has 0 atom stereocenters. The van der Waals surface area contributed by atoms with E-state index in [-0.39, 0.29) is 18.1 Å². The molecule has 0 saturated heterocycles. The van der Waals surface area contributed by atoms with Crippen molar-refractivity contribution in [2.24, 2.45) is 0 Å². The lowest BCUT2D eigenvalue weighted by atomic mass is 10.3. The molecule has 4 nitrogen and oxygen atoms in total. The average molecular weight is 268 g/mol. The van der Waals surface area contributed by atoms with Gasteiger partial charge in [-0.2, -0.15) is 0 Å². The molecule has 0 aliphatic heterocycles. The molecule has 2 amide bonds. The summed E-state index contributed by atoms with van der Waals surface area (Å²) in [4.78, 5) is 22.7. The highest BCUT2D eigenvalue weighted by molar-refractivity contribution is 5.96. The van der Waals surface area contributed by atoms with Crippen LogP contribution in [0.1, 0.15) is 13.8 Å². The Morgan fingerprint density at radius 2 is 1.89 bits per heavy atom. The Morgan fingerprint density at radius 3 is 2.47 bits per heavy atom. The minimum atomic E-state index is -1.05. The zero-order chi connectivity index (χ0) is 14.4. The summed E-state index contributed by atoms with van der Waals surface area (Å²) in [5.74, 6) is -2.96. The Morgan fingerprint density at radius 1 is 1.21 bits per heavy atom. The second kappa shape index (κ2) is 6.63. The van der Waals surface area contributed by atoms with Crippen LogP contribution < -0.4 is 10.6 Å². The fraction of sp³-hybridized carbons (Fsp3) is 0.231. The van der Waals surface area contributed by atoms with Gasteiger partial charge < -0.3 is 10.6 Å². The molecule has 6 heteroatoms. The number of allylic oxidation sites excluding steroid dienone is 1. The molecule has 0 aliphatic carbocycles. The standard InChI is InChI=1S/C13H14F2N2O2/c1-8(2)5-12(18)16-7-13(19)17-9-3-4-10(14)11(15)6-9/h3-6H,7H2,1-2H3,(H,16,18)(H,17,19). The number of benzene rings is 1. The second-order valence-corrected chi connectivity index (χ2v) is 4.12. The van der Waals surface area contributed by atoms with Crippen LogP contribution in [-0.2, 0) is 9.59 Å². The van der Waals surface area contributed by atoms with Crippen LogP contribution in [0.2, 0.25) is 0 Å². The van der Waals surface area contributed by atoms with Crippen LogP contribution in [0, 0.1) is 11.6 Å². The van der Waals surface area contributed by atoms with Gasteiger partial charge in [-0.05, 0) is 26.0 Å². The minimum absolute atomic E-state index is 0.125. The number of nitrogens with one attached hydrogen (secondary N) is 2. The number of carbonyl (C=O) groups is 2. The Labute approximate surface area is 109 Å². The maximum absolute atomic E-state index is 12.9. The molecule has 0 bridgehead atoms. The first-order valence-electron chi connectivity index (χ1n) is 5.56. The van der Waals surface area contributed by atoms with E-state index >= 15 is 0 Å². The molecule has 1 aromatic rings. The topological polar surface area (TPSA) is 58.2 Å². The van der Waals surface area contributed by atoms with Gasteiger partial charge in [0, 0.05) is 17.8 Å². The molecule has 0 saturated carbocycles. The molecule has 0 fully saturated rings. The third-order valence-corrected chi connectivity index (χ3v) is 2.05. The fourth-order valence-electron chi connectivity index (χ4n) is 1.26. The number of rotatable bonds is 4. The monoisotopic (exact) mass is 268 g/mol. The van der Waals surface area contributed by atoms with Crippen LogP contribution in [0.15, 0.2) is 29.8 Å². The van der Waals surface area contributed by atoms with E-state index in [0.29, 0.717) is 0 Å². The highest BCUT2D eigenvalue weighted by atomic mass is 19.2. The van der Waals surface area contributed by atoms with Crippen molar-refractivity contribution in [3.05, 3.63) is 41.5 Å². The fourth-order valence-corrected chi connectivity index (χ4v) is 1.26. The van der Waals surface area contributed by atoms with Crippen LogP contribution in [-0.4, -0.2) is 18.4 Å². The zero-order valence-electron chi connectivity index (χ0n) is 10.6. The first-order chi connectivity index (χ1) is 8.88. The van der Waals surface area contributed by atoms with E-state index in [1.54, 1.807) is 13.8 Å². The van der Waals surface area contributed by atoms with E-state index in [4.69, 9.17) is 0 Å². The number of amides is 2. The van der Waals surface area contributed by atoms with Crippen molar-refractivity contribution in [1.82, 2.24) is 5.32 Å². The lowest BCUT2D eigenvalue weighted by Crippen LogP contribution is -2.31. The van der Waals surface area contributed by atoms with Crippen molar-refractivity contribution < 1.29 is 18.4 Å². The van der Waals surface area contributed by atoms with E-state index < -0.39 is 17.5 Å². The van der Waals surface area contributed by atoms with Gasteiger partial charge >= 0.3 is 0 Å². The van der Waals surface area contributed by atoms with Crippen LogP contribution in [0.5, 0.6) is 0 Å². The zero-order valence-corrected chi connectivity index (χ0v) is 10.6. The molecular weight excluding hydrogens is 254 g/mol. The van der Waals surface area contributed by atoms with Gasteiger partial charge in [0.1, 0.15) is 0 Å². The smallest absolute Gasteiger partial charge is 0.244 e. The quantitative estimate of drug-likeness (QED) is 0.820. The van der Waals surface area contributed by atoms with Gasteiger partial charge in [-0.1, -0.05) is 5.57 Å². The highest BCUT2D eigenvalue weighted by Crippen LogP contribution is 2.12. The lowest BCUT2D eigenvalue weighted by Gasteiger charge is -2.06. The Balaban J connectivity index is 2.49. The Kier molecular flexibility index (Phi) is 5.17. The summed E-state index contributed by atoms with van der Waals surface area (Å²) >= 11 is 0. The van der Waals surface area contributed by atoms with Gasteiger partial charge in [-0.3, -0.25) is 9.59 Å². The van der Waals surface area contributed by atoms with E-state index in [1.807, 2.05) is 0 Å². The Bertz CT molecular complexity index is 523. The molecule has 0 aliphatic rings. The van der Waals surface area contributed by atoms with Crippen molar-refractivity contribution in [3.63, 3.8) is 0 Å². The first kappa shape index (κ1) is 14.8. The maximum Gasteiger partial charge on any atom is 0.244 e. The Hall–Kier alpha value is -2.24. The summed E-state index contributed by atoms with van der Waals surface area (Å²) in [7, 11) is 0. The second-order valence-electron chi connectivity index (χ2n) is 4.12. The molecule has 1 aromatic carbocycles. The van der Waals surface area contributed by atoms with E-state index in [0.717, 1.165) is 17.7 Å². The van der Waals surface area contributed by atoms with Crippen molar-refractivity contribution in [2.45, 2.75) is 13.8 Å². The summed E-state index contributed by atoms with van der Waals surface area (Å²) in [6.45, 7) is 3.25. The molecule has 102 valence electrons. The third-order valence-electron chi connectivity index (χ3n) is 2.05. The summed E-state index contributed by atoms with van der Waals surface area (Å²) in [5, 5.41) is 4.70. The number of hydrogen-bond acceptors (Lipinski definition) is 2. The SMILES string of the molecule is CC(C)=CC(=O)NCC(=O)Nc1ccc(F)c(F)c1. The van der Waals surface area contributed by atoms with Gasteiger partial charge in [-0.25, -0.2) is 8.78 Å². The third kappa shape index (κ3) is 5.29. The van der Waals surface area contributed by atoms with E-state index in [9.17, 15) is 18.4 Å². The van der Waals surface area contributed by atoms with Gasteiger partial charge in [0.15, 0.2) is 11.6 Å². The summed E-state index contributed by atoms with van der Waals surface area (Å²) in [5.41, 5.74) is 0.930. The largest absolute Gasteiger partial charge is 0.343 e. The van der Waals surface area contributed by atoms with Crippen LogP contribution in [0.3, 0.4) is 0 Å². The molecule has 2 N–H and O–H groups in total. The van der Waals surface area contributed by atoms with Crippen LogP contribution in [0.25, 0.3) is 0 Å². The summed E-state index contributed by atoms with van der Waals surface area (Å²) in [6, 6.07) is 3.01. The molecule has 1 rings (SSSR count). The summed E-state index contributed by atoms with van der Waals surface area (Å²) < 4.78 is 25.5. The number of halogens is 2. The molecular formula is C13H14F2N2O2. The van der Waals surface area contributed by atoms with Crippen LogP contribution >= 0.6 is 0 Å². The molecule has 0 unspecified atom stereocenters. The van der Waals surface area contributed by atoms with Gasteiger partial charge in [0.05, 0.1) is 6.54 Å². The molecule has 0 spiro atoms. The van der Waals surface area contributed by atoms with E-state index in [1.165, 1.54) is 12.1 Å². The van der Waals surface area contributed by atoms with Crippen molar-refractivity contribution in [1.29, 1.82) is 0 Å². The van der Waals surface area contributed by atoms with Crippen LogP contribution in [0.4, 0.5) is 14.5 Å². The maximum atomic E-state index is 12.9. The number of carbonyl (C=O) groups excluding carboxylic acids is 2. The van der Waals surface area contributed by atoms with E-state index in [2.05, 4.69) is 10.6 Å². The average Bonchev–Trinajstić information content (AvgIpc) is 2.30. The molecule has 0 heterocycles. The number of hydrogen-bond donors (Lipinski definition) is 2. The molecule has 0 radical (unpaired) electrons. The van der Waals surface area contributed by atoms with Crippen molar-refractivity contribution in [3.8, 4) is 0 Å². The first-order valence-corrected chi connectivity index (χ1v) is 5.56. The predicted octanol–water partition coefficient (Wildman–Crippen LogP) is 1.99.